The second kappa shape index (κ2) is 10.1. The number of Topliss-reactive ketones (excluding diaryl/α,β-unsaturated/α-hetero) is 1. The predicted molar refractivity (Wildman–Crippen MR) is 72.5 cm³/mol. The van der Waals surface area contributed by atoms with Crippen molar-refractivity contribution in [1.29, 1.82) is 0 Å². The van der Waals surface area contributed by atoms with Gasteiger partial charge in [0.2, 0.25) is 0 Å². The number of carbonyl (C=O) groups is 2. The minimum atomic E-state index is -1.89. The molecule has 0 aliphatic rings. The molecule has 0 aromatic rings. The summed E-state index contributed by atoms with van der Waals surface area (Å²) in [5.41, 5.74) is 0. The molecule has 0 unspecified atom stereocenters. The van der Waals surface area contributed by atoms with Crippen molar-refractivity contribution < 1.29 is 35.1 Å². The van der Waals surface area contributed by atoms with E-state index in [4.69, 9.17) is 15.3 Å². The van der Waals surface area contributed by atoms with Gasteiger partial charge in [0.1, 0.15) is 24.4 Å². The monoisotopic (exact) mass is 317 g/mol. The zero-order valence-corrected chi connectivity index (χ0v) is 11.9. The summed E-state index contributed by atoms with van der Waals surface area (Å²) in [5.74, 6) is -1.38. The number of aliphatic carboxylic acids is 1. The lowest BCUT2D eigenvalue weighted by Crippen LogP contribution is -2.49. The summed E-state index contributed by atoms with van der Waals surface area (Å²) in [6.45, 7) is -1.26. The lowest BCUT2D eigenvalue weighted by molar-refractivity contribution is -0.141. The predicted octanol–water partition coefficient (Wildman–Crippen LogP) is -2.57. The van der Waals surface area contributed by atoms with Gasteiger partial charge in [-0.15, -0.1) is 0 Å². The Morgan fingerprint density at radius 2 is 1.85 bits per heavy atom. The molecule has 0 aromatic carbocycles. The molecule has 0 heterocycles. The highest BCUT2D eigenvalue weighted by atomic mass is 32.2. The van der Waals surface area contributed by atoms with Crippen LogP contribution in [0.5, 0.6) is 0 Å². The quantitative estimate of drug-likeness (QED) is 0.226. The molecule has 0 bridgehead atoms. The topological polar surface area (TPSA) is 147 Å². The summed E-state index contributed by atoms with van der Waals surface area (Å²) in [4.78, 5) is 22.5. The van der Waals surface area contributed by atoms with Gasteiger partial charge in [0.15, 0.2) is 5.78 Å². The number of thioether (sulfide) groups is 1. The molecule has 0 fully saturated rings. The highest BCUT2D eigenvalue weighted by Gasteiger charge is 2.30. The number of nitrogens with one attached hydrogen (secondary N) is 1. The Morgan fingerprint density at radius 1 is 1.25 bits per heavy atom. The van der Waals surface area contributed by atoms with Crippen LogP contribution in [0, 0.1) is 0 Å². The van der Waals surface area contributed by atoms with Crippen LogP contribution >= 0.6 is 11.8 Å². The van der Waals surface area contributed by atoms with E-state index in [9.17, 15) is 19.8 Å². The first-order chi connectivity index (χ1) is 9.34. The fraction of sp³-hybridized carbons (Fsp3) is 0.818. The minimum absolute atomic E-state index is 0.307. The van der Waals surface area contributed by atoms with E-state index in [0.717, 1.165) is 0 Å². The standard InChI is InChI=1S/C11H21NO7S/c1-20-3-2-6(11(18)19)12-4-7(14)9(16)10(17)8(15)5-13/h6,8-10,12-13,15-17H,2-5H2,1H3,(H,18,19)/t6-,8+,9+,10+/m0/s1/i4+1,5+1,7+1,8+1,9+1,10+1. The maximum absolute atomic E-state index is 11.5. The van der Waals surface area contributed by atoms with Gasteiger partial charge in [-0.2, -0.15) is 11.8 Å². The maximum Gasteiger partial charge on any atom is 0.320 e. The molecular formula is C11H21NO7S. The molecule has 4 atom stereocenters. The highest BCUT2D eigenvalue weighted by molar-refractivity contribution is 7.98. The van der Waals surface area contributed by atoms with Crippen molar-refractivity contribution in [3.05, 3.63) is 0 Å². The fourth-order valence-electron chi connectivity index (χ4n) is 1.39. The van der Waals surface area contributed by atoms with Gasteiger partial charge in [-0.3, -0.25) is 14.9 Å². The van der Waals surface area contributed by atoms with E-state index >= 15 is 0 Å². The van der Waals surface area contributed by atoms with Crippen LogP contribution in [0.3, 0.4) is 0 Å². The molecular weight excluding hydrogens is 296 g/mol. The summed E-state index contributed by atoms with van der Waals surface area (Å²) >= 11 is 1.46. The van der Waals surface area contributed by atoms with Crippen molar-refractivity contribution in [2.45, 2.75) is 30.8 Å². The maximum atomic E-state index is 11.5. The van der Waals surface area contributed by atoms with E-state index in [1.54, 1.807) is 0 Å². The molecule has 0 spiro atoms. The van der Waals surface area contributed by atoms with Crippen LogP contribution in [0.15, 0.2) is 0 Å². The third-order valence-electron chi connectivity index (χ3n) is 2.67. The number of rotatable bonds is 11. The van der Waals surface area contributed by atoms with E-state index in [-0.39, 0.29) is 0 Å². The normalized spacial score (nSPS) is 17.2. The van der Waals surface area contributed by atoms with Crippen molar-refractivity contribution >= 4 is 23.5 Å². The number of hydrogen-bond acceptors (Lipinski definition) is 8. The molecule has 0 amide bonds. The average molecular weight is 317 g/mol. The van der Waals surface area contributed by atoms with Crippen LogP contribution < -0.4 is 5.32 Å². The molecule has 20 heavy (non-hydrogen) atoms. The first kappa shape index (κ1) is 19.3. The zero-order valence-electron chi connectivity index (χ0n) is 11.1. The fourth-order valence-corrected chi connectivity index (χ4v) is 1.86. The molecule has 0 saturated carbocycles. The van der Waals surface area contributed by atoms with Crippen LogP contribution in [0.4, 0.5) is 0 Å². The molecule has 0 saturated heterocycles. The second-order valence-corrected chi connectivity index (χ2v) is 5.19. The van der Waals surface area contributed by atoms with E-state index < -0.39 is 49.3 Å². The molecule has 6 N–H and O–H groups in total. The number of hydrogen-bond donors (Lipinski definition) is 6. The molecule has 0 aromatic heterocycles. The number of ketones is 1. The molecule has 9 heteroatoms. The Bertz CT molecular complexity index is 315. The van der Waals surface area contributed by atoms with Gasteiger partial charge in [0.05, 0.1) is 13.2 Å². The zero-order chi connectivity index (χ0) is 15.7. The van der Waals surface area contributed by atoms with Crippen LogP contribution in [0.25, 0.3) is 0 Å². The Balaban J connectivity index is 4.33. The van der Waals surface area contributed by atoms with E-state index in [1.807, 2.05) is 6.26 Å². The number of aliphatic hydroxyl groups is 4. The van der Waals surface area contributed by atoms with Crippen molar-refractivity contribution in [3.63, 3.8) is 0 Å². The molecule has 8 nitrogen and oxygen atoms in total. The van der Waals surface area contributed by atoms with Crippen LogP contribution in [-0.4, -0.2) is 86.8 Å². The van der Waals surface area contributed by atoms with Gasteiger partial charge in [-0.1, -0.05) is 0 Å². The third kappa shape index (κ3) is 6.64. The lowest BCUT2D eigenvalue weighted by Gasteiger charge is -2.21. The molecule has 0 aliphatic heterocycles. The number of carboxylic acids is 1. The second-order valence-electron chi connectivity index (χ2n) is 4.20. The van der Waals surface area contributed by atoms with Crippen molar-refractivity contribution in [2.75, 3.05) is 25.2 Å². The smallest absolute Gasteiger partial charge is 0.320 e. The molecule has 0 aliphatic carbocycles. The Labute approximate surface area is 120 Å². The van der Waals surface area contributed by atoms with Crippen LogP contribution in [0.1, 0.15) is 6.42 Å². The van der Waals surface area contributed by atoms with Gasteiger partial charge in [0, 0.05) is 0 Å². The van der Waals surface area contributed by atoms with Crippen molar-refractivity contribution in [2.24, 2.45) is 0 Å². The number of carboxylic acid groups (broad SMARTS) is 1. The lowest BCUT2D eigenvalue weighted by atomic mass is 10.2. The highest BCUT2D eigenvalue weighted by Crippen LogP contribution is 2.03. The van der Waals surface area contributed by atoms with Crippen molar-refractivity contribution in [1.82, 2.24) is 5.32 Å². The molecule has 0 rings (SSSR count). The van der Waals surface area contributed by atoms with E-state index in [1.165, 1.54) is 11.8 Å². The van der Waals surface area contributed by atoms with Gasteiger partial charge in [-0.25, -0.2) is 0 Å². The number of carbonyl (C=O) groups excluding carboxylic acids is 1. The molecule has 118 valence electrons. The Kier molecular flexibility index (Phi) is 9.72. The van der Waals surface area contributed by atoms with E-state index in [2.05, 4.69) is 5.32 Å². The van der Waals surface area contributed by atoms with Crippen LogP contribution in [0.2, 0.25) is 0 Å². The van der Waals surface area contributed by atoms with Gasteiger partial charge in [0.25, 0.3) is 0 Å². The first-order valence-corrected chi connectivity index (χ1v) is 7.37. The summed E-state index contributed by atoms with van der Waals surface area (Å²) in [7, 11) is 0. The third-order valence-corrected chi connectivity index (χ3v) is 3.31. The van der Waals surface area contributed by atoms with Crippen LogP contribution in [-0.2, 0) is 9.59 Å². The van der Waals surface area contributed by atoms with Gasteiger partial charge >= 0.3 is 5.97 Å². The summed E-state index contributed by atoms with van der Waals surface area (Å²) in [6, 6.07) is -0.932. The number of aliphatic hydroxyl groups excluding tert-OH is 4. The Hall–Kier alpha value is -0.710. The average Bonchev–Trinajstić information content (AvgIpc) is 2.43. The summed E-state index contributed by atoms with van der Waals surface area (Å²) in [5, 5.41) is 47.9. The summed E-state index contributed by atoms with van der Waals surface area (Å²) in [6.07, 6.45) is -3.22. The van der Waals surface area contributed by atoms with Gasteiger partial charge < -0.3 is 25.5 Å². The Morgan fingerprint density at radius 3 is 2.30 bits per heavy atom. The van der Waals surface area contributed by atoms with Gasteiger partial charge in [-0.05, 0) is 18.4 Å². The molecule has 0 radical (unpaired) electrons. The SMILES string of the molecule is CSCC[C@H](N[13CH2][13C](=O)[13C@@H](O)[13C@H](O)[13C@H](O)[13CH2]O)C(=O)O. The first-order valence-electron chi connectivity index (χ1n) is 5.98. The van der Waals surface area contributed by atoms with Crippen molar-refractivity contribution in [3.8, 4) is 0 Å². The minimum Gasteiger partial charge on any atom is -0.480 e. The summed E-state index contributed by atoms with van der Waals surface area (Å²) < 4.78 is 0. The van der Waals surface area contributed by atoms with E-state index in [0.29, 0.717) is 12.2 Å². The largest absolute Gasteiger partial charge is 0.480 e.